The van der Waals surface area contributed by atoms with Gasteiger partial charge in [0.1, 0.15) is 11.6 Å². The Morgan fingerprint density at radius 2 is 1.79 bits per heavy atom. The zero-order valence-electron chi connectivity index (χ0n) is 18.1. The van der Waals surface area contributed by atoms with Crippen LogP contribution in [0.2, 0.25) is 0 Å². The van der Waals surface area contributed by atoms with Crippen molar-refractivity contribution in [3.63, 3.8) is 0 Å². The first-order chi connectivity index (χ1) is 15.7. The molecule has 0 spiro atoms. The van der Waals surface area contributed by atoms with E-state index in [1.807, 2.05) is 29.0 Å². The van der Waals surface area contributed by atoms with Crippen molar-refractivity contribution in [2.75, 3.05) is 11.5 Å². The van der Waals surface area contributed by atoms with Crippen molar-refractivity contribution in [2.45, 2.75) is 44.7 Å². The van der Waals surface area contributed by atoms with Crippen LogP contribution in [0.5, 0.6) is 0 Å². The summed E-state index contributed by atoms with van der Waals surface area (Å²) < 4.78 is 1.97. The summed E-state index contributed by atoms with van der Waals surface area (Å²) in [6, 6.07) is 7.43. The number of nitrogens with zero attached hydrogens (tertiary/aromatic N) is 3. The molecule has 0 saturated heterocycles. The standard InChI is InChI=1S/C22H26N6O5/c1-2-12(11-28-10-9-15-18(28)19(23)27-22(24)26-15)13-3-5-14(6-4-13)20(31)25-16(21(32)33)7-8-17(29)30/h3-6,9-10,12,16H,2,7-8,11H2,1H3,(H,25,31)(H,29,30)(H,32,33)(H4,23,24,26,27)/t12?,16-/m1/s1. The van der Waals surface area contributed by atoms with Crippen LogP contribution < -0.4 is 16.8 Å². The maximum atomic E-state index is 12.5. The third-order valence-electron chi connectivity index (χ3n) is 5.46. The van der Waals surface area contributed by atoms with Gasteiger partial charge in [-0.25, -0.2) is 9.78 Å². The first-order valence-electron chi connectivity index (χ1n) is 10.4. The number of anilines is 2. The lowest BCUT2D eigenvalue weighted by atomic mass is 9.95. The number of nitrogens with one attached hydrogen (secondary N) is 1. The number of carboxylic acids is 2. The van der Waals surface area contributed by atoms with E-state index in [0.29, 0.717) is 23.4 Å². The van der Waals surface area contributed by atoms with Gasteiger partial charge in [-0.1, -0.05) is 19.1 Å². The number of carbonyl (C=O) groups is 3. The van der Waals surface area contributed by atoms with Gasteiger partial charge < -0.3 is 31.6 Å². The molecule has 0 aliphatic carbocycles. The van der Waals surface area contributed by atoms with E-state index >= 15 is 0 Å². The van der Waals surface area contributed by atoms with Crippen LogP contribution >= 0.6 is 0 Å². The fourth-order valence-corrected chi connectivity index (χ4v) is 3.69. The van der Waals surface area contributed by atoms with E-state index in [4.69, 9.17) is 16.6 Å². The lowest BCUT2D eigenvalue weighted by Crippen LogP contribution is -2.41. The summed E-state index contributed by atoms with van der Waals surface area (Å²) in [5.74, 6) is -2.45. The highest BCUT2D eigenvalue weighted by Gasteiger charge is 2.22. The van der Waals surface area contributed by atoms with Crippen molar-refractivity contribution in [3.8, 4) is 0 Å². The van der Waals surface area contributed by atoms with Crippen LogP contribution in [0.3, 0.4) is 0 Å². The molecule has 7 N–H and O–H groups in total. The quantitative estimate of drug-likeness (QED) is 0.304. The van der Waals surface area contributed by atoms with Crippen LogP contribution in [-0.4, -0.2) is 48.6 Å². The minimum Gasteiger partial charge on any atom is -0.481 e. The fraction of sp³-hybridized carbons (Fsp3) is 0.318. The lowest BCUT2D eigenvalue weighted by Gasteiger charge is -2.18. The largest absolute Gasteiger partial charge is 0.481 e. The Morgan fingerprint density at radius 3 is 2.39 bits per heavy atom. The molecule has 2 heterocycles. The summed E-state index contributed by atoms with van der Waals surface area (Å²) >= 11 is 0. The topological polar surface area (TPSA) is 186 Å². The molecule has 1 amide bonds. The molecule has 2 atom stereocenters. The first-order valence-corrected chi connectivity index (χ1v) is 10.4. The fourth-order valence-electron chi connectivity index (χ4n) is 3.69. The molecule has 11 nitrogen and oxygen atoms in total. The summed E-state index contributed by atoms with van der Waals surface area (Å²) in [6.07, 6.45) is 2.14. The average molecular weight is 454 g/mol. The molecule has 33 heavy (non-hydrogen) atoms. The zero-order valence-corrected chi connectivity index (χ0v) is 18.1. The summed E-state index contributed by atoms with van der Waals surface area (Å²) in [6.45, 7) is 2.66. The third kappa shape index (κ3) is 5.56. The number of carboxylic acid groups (broad SMARTS) is 2. The number of carbonyl (C=O) groups excluding carboxylic acids is 1. The summed E-state index contributed by atoms with van der Waals surface area (Å²) in [5, 5.41) is 20.4. The van der Waals surface area contributed by atoms with E-state index in [-0.39, 0.29) is 30.3 Å². The van der Waals surface area contributed by atoms with Gasteiger partial charge in [-0.3, -0.25) is 9.59 Å². The maximum Gasteiger partial charge on any atom is 0.326 e. The molecule has 3 aromatic rings. The highest BCUT2D eigenvalue weighted by Crippen LogP contribution is 2.27. The van der Waals surface area contributed by atoms with Gasteiger partial charge in [-0.2, -0.15) is 4.98 Å². The minimum absolute atomic E-state index is 0.108. The van der Waals surface area contributed by atoms with Gasteiger partial charge in [-0.05, 0) is 36.6 Å². The Labute approximate surface area is 189 Å². The van der Waals surface area contributed by atoms with Crippen LogP contribution in [0.15, 0.2) is 36.5 Å². The van der Waals surface area contributed by atoms with Crippen molar-refractivity contribution in [3.05, 3.63) is 47.7 Å². The number of hydrogen-bond acceptors (Lipinski definition) is 7. The van der Waals surface area contributed by atoms with Gasteiger partial charge >= 0.3 is 11.9 Å². The Bertz CT molecular complexity index is 1170. The molecule has 3 rings (SSSR count). The molecule has 0 aliphatic rings. The molecule has 0 fully saturated rings. The van der Waals surface area contributed by atoms with E-state index in [1.165, 1.54) is 0 Å². The Hall–Kier alpha value is -4.15. The third-order valence-corrected chi connectivity index (χ3v) is 5.46. The Morgan fingerprint density at radius 1 is 1.09 bits per heavy atom. The summed E-state index contributed by atoms with van der Waals surface area (Å²) in [4.78, 5) is 42.7. The van der Waals surface area contributed by atoms with E-state index in [1.54, 1.807) is 12.1 Å². The molecule has 0 bridgehead atoms. The number of aromatic nitrogens is 3. The molecular weight excluding hydrogens is 428 g/mol. The Balaban J connectivity index is 1.73. The molecule has 1 unspecified atom stereocenters. The number of nitrogens with two attached hydrogens (primary N) is 2. The van der Waals surface area contributed by atoms with Crippen LogP contribution in [0.1, 0.15) is 48.0 Å². The summed E-state index contributed by atoms with van der Waals surface area (Å²) in [5.41, 5.74) is 14.4. The number of benzene rings is 1. The second kappa shape index (κ2) is 9.98. The highest BCUT2D eigenvalue weighted by atomic mass is 16.4. The van der Waals surface area contributed by atoms with Crippen LogP contribution in [0.4, 0.5) is 11.8 Å². The second-order valence-corrected chi connectivity index (χ2v) is 7.69. The van der Waals surface area contributed by atoms with Gasteiger partial charge in [0.2, 0.25) is 5.95 Å². The monoisotopic (exact) mass is 454 g/mol. The van der Waals surface area contributed by atoms with Crippen molar-refractivity contribution in [1.82, 2.24) is 19.9 Å². The number of nitrogen functional groups attached to an aromatic ring is 2. The predicted octanol–water partition coefficient (Wildman–Crippen LogP) is 1.84. The molecule has 1 aromatic carbocycles. The van der Waals surface area contributed by atoms with Gasteiger partial charge in [0.15, 0.2) is 5.82 Å². The SMILES string of the molecule is CCC(Cn1ccc2nc(N)nc(N)c21)c1ccc(C(=O)N[C@H](CCC(=O)O)C(=O)O)cc1. The number of amides is 1. The summed E-state index contributed by atoms with van der Waals surface area (Å²) in [7, 11) is 0. The highest BCUT2D eigenvalue weighted by molar-refractivity contribution is 5.96. The van der Waals surface area contributed by atoms with E-state index in [0.717, 1.165) is 12.0 Å². The van der Waals surface area contributed by atoms with Crippen molar-refractivity contribution < 1.29 is 24.6 Å². The number of hydrogen-bond donors (Lipinski definition) is 5. The molecular formula is C22H26N6O5. The second-order valence-electron chi connectivity index (χ2n) is 7.69. The molecule has 174 valence electrons. The number of rotatable bonds is 10. The van der Waals surface area contributed by atoms with Crippen molar-refractivity contribution in [2.24, 2.45) is 0 Å². The normalized spacial score (nSPS) is 12.9. The first kappa shape index (κ1) is 23.5. The maximum absolute atomic E-state index is 12.5. The average Bonchev–Trinajstić information content (AvgIpc) is 3.17. The van der Waals surface area contributed by atoms with Crippen molar-refractivity contribution >= 4 is 40.6 Å². The van der Waals surface area contributed by atoms with Gasteiger partial charge in [0.25, 0.3) is 5.91 Å². The zero-order chi connectivity index (χ0) is 24.1. The van der Waals surface area contributed by atoms with Crippen LogP contribution in [0.25, 0.3) is 11.0 Å². The van der Waals surface area contributed by atoms with Crippen molar-refractivity contribution in [1.29, 1.82) is 0 Å². The molecule has 0 saturated carbocycles. The number of fused-ring (bicyclic) bond motifs is 1. The minimum atomic E-state index is -1.28. The lowest BCUT2D eigenvalue weighted by molar-refractivity contribution is -0.140. The van der Waals surface area contributed by atoms with Gasteiger partial charge in [0.05, 0.1) is 5.52 Å². The number of aliphatic carboxylic acids is 2. The van der Waals surface area contributed by atoms with Gasteiger partial charge in [-0.15, -0.1) is 0 Å². The van der Waals surface area contributed by atoms with E-state index < -0.39 is 23.9 Å². The molecule has 11 heteroatoms. The smallest absolute Gasteiger partial charge is 0.326 e. The van der Waals surface area contributed by atoms with E-state index in [2.05, 4.69) is 22.2 Å². The Kier molecular flexibility index (Phi) is 7.11. The predicted molar refractivity (Wildman–Crippen MR) is 122 cm³/mol. The van der Waals surface area contributed by atoms with Crippen LogP contribution in [0, 0.1) is 0 Å². The molecule has 2 aromatic heterocycles. The molecule has 0 radical (unpaired) electrons. The molecule has 0 aliphatic heterocycles. The van der Waals surface area contributed by atoms with Gasteiger partial charge in [0, 0.05) is 30.6 Å². The van der Waals surface area contributed by atoms with Crippen LogP contribution in [-0.2, 0) is 16.1 Å². The van der Waals surface area contributed by atoms with E-state index in [9.17, 15) is 19.5 Å².